The Morgan fingerprint density at radius 1 is 1.29 bits per heavy atom. The minimum atomic E-state index is -0.464. The van der Waals surface area contributed by atoms with E-state index in [2.05, 4.69) is 29.1 Å². The van der Waals surface area contributed by atoms with E-state index >= 15 is 0 Å². The topological polar surface area (TPSA) is 37.8 Å². The van der Waals surface area contributed by atoms with E-state index in [1.807, 2.05) is 13.8 Å². The quantitative estimate of drug-likeness (QED) is 0.881. The Labute approximate surface area is 129 Å². The van der Waals surface area contributed by atoms with Crippen LogP contribution in [-0.2, 0) is 0 Å². The zero-order chi connectivity index (χ0) is 15.6. The molecule has 5 heteroatoms. The van der Waals surface area contributed by atoms with E-state index in [9.17, 15) is 4.39 Å². The highest BCUT2D eigenvalue weighted by Gasteiger charge is 2.15. The number of nitrogens with one attached hydrogen (secondary N) is 1. The average Bonchev–Trinajstić information content (AvgIpc) is 2.41. The number of aryl methyl sites for hydroxylation is 1. The third-order valence-corrected chi connectivity index (χ3v) is 3.54. The van der Waals surface area contributed by atoms with Crippen LogP contribution in [0, 0.1) is 12.7 Å². The van der Waals surface area contributed by atoms with E-state index in [0.717, 1.165) is 23.6 Å². The SMILES string of the molecule is CCNc1nc(-c2ccc(Cl)c(F)c2)nc(C)c1C(C)C. The number of hydrogen-bond acceptors (Lipinski definition) is 3. The molecule has 1 aromatic heterocycles. The first kappa shape index (κ1) is 15.7. The normalized spacial score (nSPS) is 11.0. The monoisotopic (exact) mass is 307 g/mol. The van der Waals surface area contributed by atoms with Crippen LogP contribution in [0.15, 0.2) is 18.2 Å². The van der Waals surface area contributed by atoms with Crippen LogP contribution in [0.2, 0.25) is 5.02 Å². The summed E-state index contributed by atoms with van der Waals surface area (Å²) in [5, 5.41) is 3.36. The van der Waals surface area contributed by atoms with Crippen LogP contribution >= 0.6 is 11.6 Å². The number of rotatable bonds is 4. The van der Waals surface area contributed by atoms with Crippen molar-refractivity contribution in [3.05, 3.63) is 40.3 Å². The van der Waals surface area contributed by atoms with Gasteiger partial charge in [-0.25, -0.2) is 14.4 Å². The fourth-order valence-electron chi connectivity index (χ4n) is 2.34. The zero-order valence-corrected chi connectivity index (χ0v) is 13.4. The van der Waals surface area contributed by atoms with Gasteiger partial charge in [0, 0.05) is 23.4 Å². The minimum Gasteiger partial charge on any atom is -0.370 e. The maximum atomic E-state index is 13.6. The van der Waals surface area contributed by atoms with Gasteiger partial charge in [-0.2, -0.15) is 0 Å². The van der Waals surface area contributed by atoms with Gasteiger partial charge < -0.3 is 5.32 Å². The van der Waals surface area contributed by atoms with E-state index in [-0.39, 0.29) is 5.02 Å². The molecule has 0 saturated heterocycles. The molecule has 0 amide bonds. The lowest BCUT2D eigenvalue weighted by atomic mass is 10.0. The van der Waals surface area contributed by atoms with E-state index in [0.29, 0.717) is 17.3 Å². The molecule has 0 atom stereocenters. The molecule has 2 aromatic rings. The van der Waals surface area contributed by atoms with Gasteiger partial charge in [0.05, 0.1) is 5.02 Å². The highest BCUT2D eigenvalue weighted by Crippen LogP contribution is 2.29. The maximum absolute atomic E-state index is 13.6. The molecule has 3 nitrogen and oxygen atoms in total. The second-order valence-electron chi connectivity index (χ2n) is 5.21. The van der Waals surface area contributed by atoms with Crippen LogP contribution in [0.5, 0.6) is 0 Å². The molecule has 112 valence electrons. The molecule has 2 rings (SSSR count). The molecular weight excluding hydrogens is 289 g/mol. The van der Waals surface area contributed by atoms with Crippen LogP contribution in [0.1, 0.15) is 37.9 Å². The molecule has 0 bridgehead atoms. The summed E-state index contributed by atoms with van der Waals surface area (Å²) in [5.41, 5.74) is 2.62. The van der Waals surface area contributed by atoms with Gasteiger partial charge in [-0.05, 0) is 38.0 Å². The smallest absolute Gasteiger partial charge is 0.161 e. The molecule has 0 saturated carbocycles. The number of aromatic nitrogens is 2. The number of hydrogen-bond donors (Lipinski definition) is 1. The predicted molar refractivity (Wildman–Crippen MR) is 85.4 cm³/mol. The number of halogens is 2. The van der Waals surface area contributed by atoms with E-state index in [1.165, 1.54) is 12.1 Å². The Kier molecular flexibility index (Phi) is 4.78. The van der Waals surface area contributed by atoms with Gasteiger partial charge in [-0.1, -0.05) is 25.4 Å². The number of anilines is 1. The Bertz CT molecular complexity index is 656. The molecule has 0 unspecified atom stereocenters. The maximum Gasteiger partial charge on any atom is 0.161 e. The van der Waals surface area contributed by atoms with Crippen molar-refractivity contribution in [3.63, 3.8) is 0 Å². The third-order valence-electron chi connectivity index (χ3n) is 3.24. The molecule has 1 N–H and O–H groups in total. The van der Waals surface area contributed by atoms with E-state index < -0.39 is 5.82 Å². The van der Waals surface area contributed by atoms with Crippen molar-refractivity contribution in [2.75, 3.05) is 11.9 Å². The van der Waals surface area contributed by atoms with Crippen molar-refractivity contribution >= 4 is 17.4 Å². The number of benzene rings is 1. The summed E-state index contributed by atoms with van der Waals surface area (Å²) in [7, 11) is 0. The Balaban J connectivity index is 2.57. The Morgan fingerprint density at radius 3 is 2.57 bits per heavy atom. The lowest BCUT2D eigenvalue weighted by molar-refractivity contribution is 0.628. The van der Waals surface area contributed by atoms with Gasteiger partial charge in [-0.3, -0.25) is 0 Å². The van der Waals surface area contributed by atoms with Crippen molar-refractivity contribution in [2.45, 2.75) is 33.6 Å². The highest BCUT2D eigenvalue weighted by atomic mass is 35.5. The van der Waals surface area contributed by atoms with Gasteiger partial charge in [-0.15, -0.1) is 0 Å². The Morgan fingerprint density at radius 2 is 2.00 bits per heavy atom. The molecule has 0 radical (unpaired) electrons. The van der Waals surface area contributed by atoms with E-state index in [4.69, 9.17) is 11.6 Å². The van der Waals surface area contributed by atoms with Crippen molar-refractivity contribution < 1.29 is 4.39 Å². The number of nitrogens with zero attached hydrogens (tertiary/aromatic N) is 2. The first-order valence-electron chi connectivity index (χ1n) is 7.01. The second kappa shape index (κ2) is 6.39. The first-order chi connectivity index (χ1) is 9.93. The molecule has 0 aliphatic rings. The summed E-state index contributed by atoms with van der Waals surface area (Å²) in [6, 6.07) is 4.61. The average molecular weight is 308 g/mol. The minimum absolute atomic E-state index is 0.0983. The molecule has 1 aromatic carbocycles. The lowest BCUT2D eigenvalue weighted by Gasteiger charge is -2.16. The van der Waals surface area contributed by atoms with Crippen molar-refractivity contribution in [3.8, 4) is 11.4 Å². The molecular formula is C16H19ClFN3. The highest BCUT2D eigenvalue weighted by molar-refractivity contribution is 6.30. The third kappa shape index (κ3) is 3.32. The van der Waals surface area contributed by atoms with E-state index in [1.54, 1.807) is 6.07 Å². The van der Waals surface area contributed by atoms with Crippen LogP contribution < -0.4 is 5.32 Å². The second-order valence-corrected chi connectivity index (χ2v) is 5.62. The van der Waals surface area contributed by atoms with Crippen molar-refractivity contribution in [1.29, 1.82) is 0 Å². The van der Waals surface area contributed by atoms with Crippen LogP contribution in [0.25, 0.3) is 11.4 Å². The molecule has 0 spiro atoms. The summed E-state index contributed by atoms with van der Waals surface area (Å²) in [5.74, 6) is 1.16. The van der Waals surface area contributed by atoms with Crippen LogP contribution in [-0.4, -0.2) is 16.5 Å². The van der Waals surface area contributed by atoms with Crippen molar-refractivity contribution in [1.82, 2.24) is 9.97 Å². The lowest BCUT2D eigenvalue weighted by Crippen LogP contribution is -2.09. The summed E-state index contributed by atoms with van der Waals surface area (Å²) < 4.78 is 13.6. The fourth-order valence-corrected chi connectivity index (χ4v) is 2.46. The molecule has 0 fully saturated rings. The molecule has 1 heterocycles. The zero-order valence-electron chi connectivity index (χ0n) is 12.7. The van der Waals surface area contributed by atoms with Gasteiger partial charge in [0.1, 0.15) is 11.6 Å². The molecule has 0 aliphatic carbocycles. The van der Waals surface area contributed by atoms with Gasteiger partial charge in [0.2, 0.25) is 0 Å². The fraction of sp³-hybridized carbons (Fsp3) is 0.375. The summed E-state index contributed by atoms with van der Waals surface area (Å²) in [6.07, 6.45) is 0. The summed E-state index contributed by atoms with van der Waals surface area (Å²) in [6.45, 7) is 8.95. The molecule has 0 aliphatic heterocycles. The first-order valence-corrected chi connectivity index (χ1v) is 7.39. The standard InChI is InChI=1S/C16H19ClFN3/c1-5-19-16-14(9(2)3)10(4)20-15(21-16)11-6-7-12(17)13(18)8-11/h6-9H,5H2,1-4H3,(H,19,20,21). The van der Waals surface area contributed by atoms with Gasteiger partial charge in [0.15, 0.2) is 5.82 Å². The van der Waals surface area contributed by atoms with Gasteiger partial charge >= 0.3 is 0 Å². The largest absolute Gasteiger partial charge is 0.370 e. The Hall–Kier alpha value is -1.68. The van der Waals surface area contributed by atoms with Crippen LogP contribution in [0.4, 0.5) is 10.2 Å². The predicted octanol–water partition coefficient (Wildman–Crippen LogP) is 4.80. The summed E-state index contributed by atoms with van der Waals surface area (Å²) >= 11 is 5.72. The van der Waals surface area contributed by atoms with Crippen molar-refractivity contribution in [2.24, 2.45) is 0 Å². The summed E-state index contributed by atoms with van der Waals surface area (Å²) in [4.78, 5) is 9.07. The van der Waals surface area contributed by atoms with Crippen LogP contribution in [0.3, 0.4) is 0 Å². The molecule has 21 heavy (non-hydrogen) atoms. The van der Waals surface area contributed by atoms with Gasteiger partial charge in [0.25, 0.3) is 0 Å².